The van der Waals surface area contributed by atoms with E-state index in [9.17, 15) is 0 Å². The molecular formula is C12H17BrN2. The molecule has 0 saturated heterocycles. The molecule has 3 heteroatoms. The van der Waals surface area contributed by atoms with E-state index in [4.69, 9.17) is 0 Å². The summed E-state index contributed by atoms with van der Waals surface area (Å²) in [5.74, 6) is 0. The zero-order valence-corrected chi connectivity index (χ0v) is 10.9. The van der Waals surface area contributed by atoms with E-state index in [0.717, 1.165) is 19.5 Å². The highest BCUT2D eigenvalue weighted by atomic mass is 79.9. The zero-order chi connectivity index (χ0) is 10.8. The maximum absolute atomic E-state index is 3.67. The van der Waals surface area contributed by atoms with E-state index in [0.29, 0.717) is 0 Å². The number of hydrogen-bond donors (Lipinski definition) is 1. The molecule has 2 rings (SSSR count). The number of halogens is 1. The Balaban J connectivity index is 2.27. The number of nitrogens with one attached hydrogen (secondary N) is 1. The van der Waals surface area contributed by atoms with Crippen molar-refractivity contribution in [1.82, 2.24) is 5.32 Å². The predicted octanol–water partition coefficient (Wildman–Crippen LogP) is 2.20. The summed E-state index contributed by atoms with van der Waals surface area (Å²) < 4.78 is 1.24. The van der Waals surface area contributed by atoms with Gasteiger partial charge in [-0.3, -0.25) is 0 Å². The van der Waals surface area contributed by atoms with Crippen molar-refractivity contribution in [3.8, 4) is 0 Å². The lowest BCUT2D eigenvalue weighted by Gasteiger charge is -2.14. The summed E-state index contributed by atoms with van der Waals surface area (Å²) in [6.07, 6.45) is 2.28. The first kappa shape index (κ1) is 11.0. The van der Waals surface area contributed by atoms with Crippen LogP contribution >= 0.6 is 15.9 Å². The van der Waals surface area contributed by atoms with Gasteiger partial charge in [0.15, 0.2) is 0 Å². The molecule has 1 aromatic rings. The van der Waals surface area contributed by atoms with Gasteiger partial charge in [0.25, 0.3) is 0 Å². The number of hydrogen-bond acceptors (Lipinski definition) is 2. The third-order valence-electron chi connectivity index (χ3n) is 2.96. The fourth-order valence-electron chi connectivity index (χ4n) is 2.15. The summed E-state index contributed by atoms with van der Waals surface area (Å²) in [5, 5.41) is 3.19. The van der Waals surface area contributed by atoms with Crippen LogP contribution in [0.1, 0.15) is 11.1 Å². The number of benzene rings is 1. The van der Waals surface area contributed by atoms with Gasteiger partial charge in [-0.25, -0.2) is 0 Å². The van der Waals surface area contributed by atoms with E-state index in [-0.39, 0.29) is 0 Å². The van der Waals surface area contributed by atoms with E-state index < -0.39 is 0 Å². The maximum Gasteiger partial charge on any atom is 0.0541 e. The van der Waals surface area contributed by atoms with E-state index in [1.54, 1.807) is 0 Å². The molecule has 0 aliphatic carbocycles. The van der Waals surface area contributed by atoms with Crippen LogP contribution in [0.2, 0.25) is 0 Å². The topological polar surface area (TPSA) is 15.3 Å². The van der Waals surface area contributed by atoms with Crippen molar-refractivity contribution in [2.24, 2.45) is 0 Å². The highest BCUT2D eigenvalue weighted by molar-refractivity contribution is 9.10. The van der Waals surface area contributed by atoms with E-state index >= 15 is 0 Å². The molecule has 1 aromatic carbocycles. The van der Waals surface area contributed by atoms with Crippen molar-refractivity contribution >= 4 is 21.6 Å². The molecule has 82 valence electrons. The molecule has 0 aromatic heterocycles. The van der Waals surface area contributed by atoms with Crippen molar-refractivity contribution < 1.29 is 0 Å². The largest absolute Gasteiger partial charge is 0.373 e. The van der Waals surface area contributed by atoms with Crippen LogP contribution in [-0.4, -0.2) is 27.2 Å². The molecule has 1 heterocycles. The Labute approximate surface area is 99.8 Å². The van der Waals surface area contributed by atoms with E-state index in [1.807, 2.05) is 7.05 Å². The van der Waals surface area contributed by atoms with Gasteiger partial charge in [0, 0.05) is 18.1 Å². The van der Waals surface area contributed by atoms with Crippen molar-refractivity contribution in [3.05, 3.63) is 27.7 Å². The molecule has 0 radical (unpaired) electrons. The first-order chi connectivity index (χ1) is 7.22. The van der Waals surface area contributed by atoms with Crippen molar-refractivity contribution in [2.45, 2.75) is 12.8 Å². The van der Waals surface area contributed by atoms with E-state index in [1.165, 1.54) is 27.7 Å². The minimum Gasteiger partial charge on any atom is -0.373 e. The Bertz CT molecular complexity index is 363. The highest BCUT2D eigenvalue weighted by Gasteiger charge is 2.19. The number of nitrogens with zero attached hydrogens (tertiary/aromatic N) is 1. The molecule has 0 unspecified atom stereocenters. The number of fused-ring (bicyclic) bond motifs is 1. The summed E-state index contributed by atoms with van der Waals surface area (Å²) in [5.41, 5.74) is 4.28. The second-order valence-electron chi connectivity index (χ2n) is 4.11. The Morgan fingerprint density at radius 2 is 2.27 bits per heavy atom. The molecule has 1 N–H and O–H groups in total. The highest BCUT2D eigenvalue weighted by Crippen LogP contribution is 2.35. The fraction of sp³-hybridized carbons (Fsp3) is 0.500. The van der Waals surface area contributed by atoms with Crippen LogP contribution in [-0.2, 0) is 12.8 Å². The van der Waals surface area contributed by atoms with Crippen molar-refractivity contribution in [1.29, 1.82) is 0 Å². The number of rotatable bonds is 3. The summed E-state index contributed by atoms with van der Waals surface area (Å²) in [6, 6.07) is 4.60. The van der Waals surface area contributed by atoms with Crippen LogP contribution in [0.4, 0.5) is 5.69 Å². The second-order valence-corrected chi connectivity index (χ2v) is 4.96. The molecule has 0 fully saturated rings. The van der Waals surface area contributed by atoms with Crippen LogP contribution in [0.25, 0.3) is 0 Å². The molecule has 1 aliphatic rings. The normalized spacial score (nSPS) is 14.5. The molecule has 2 nitrogen and oxygen atoms in total. The lowest BCUT2D eigenvalue weighted by Crippen LogP contribution is -2.13. The average molecular weight is 269 g/mol. The molecule has 0 amide bonds. The lowest BCUT2D eigenvalue weighted by atomic mass is 10.1. The van der Waals surface area contributed by atoms with Crippen LogP contribution < -0.4 is 10.2 Å². The van der Waals surface area contributed by atoms with Gasteiger partial charge in [-0.2, -0.15) is 0 Å². The third kappa shape index (κ3) is 2.18. The summed E-state index contributed by atoms with van der Waals surface area (Å²) in [7, 11) is 4.15. The molecule has 15 heavy (non-hydrogen) atoms. The van der Waals surface area contributed by atoms with Gasteiger partial charge < -0.3 is 10.2 Å². The van der Waals surface area contributed by atoms with Crippen molar-refractivity contribution in [2.75, 3.05) is 32.1 Å². The van der Waals surface area contributed by atoms with E-state index in [2.05, 4.69) is 45.3 Å². The summed E-state index contributed by atoms with van der Waals surface area (Å²) >= 11 is 3.67. The monoisotopic (exact) mass is 268 g/mol. The fourth-order valence-corrected chi connectivity index (χ4v) is 3.00. The average Bonchev–Trinajstić information content (AvgIpc) is 2.58. The number of anilines is 1. The Morgan fingerprint density at radius 3 is 3.00 bits per heavy atom. The Hall–Kier alpha value is -0.540. The first-order valence-electron chi connectivity index (χ1n) is 5.39. The SMILES string of the molecule is CNCCc1cc(Br)c2c(c1)CCN2C. The lowest BCUT2D eigenvalue weighted by molar-refractivity contribution is 0.791. The standard InChI is InChI=1S/C12H17BrN2/c1-14-5-3-9-7-10-4-6-15(2)12(10)11(13)8-9/h7-8,14H,3-6H2,1-2H3. The van der Waals surface area contributed by atoms with Gasteiger partial charge >= 0.3 is 0 Å². The maximum atomic E-state index is 3.67. The van der Waals surface area contributed by atoms with Gasteiger partial charge in [-0.15, -0.1) is 0 Å². The zero-order valence-electron chi connectivity index (χ0n) is 9.31. The second kappa shape index (κ2) is 4.54. The molecule has 1 aliphatic heterocycles. The van der Waals surface area contributed by atoms with Crippen molar-refractivity contribution in [3.63, 3.8) is 0 Å². The minimum atomic E-state index is 1.04. The molecule has 0 saturated carbocycles. The van der Waals surface area contributed by atoms with Gasteiger partial charge in [0.2, 0.25) is 0 Å². The molecular weight excluding hydrogens is 252 g/mol. The Morgan fingerprint density at radius 1 is 1.47 bits per heavy atom. The van der Waals surface area contributed by atoms with Gasteiger partial charge in [0.1, 0.15) is 0 Å². The molecule has 0 spiro atoms. The van der Waals surface area contributed by atoms with Crippen LogP contribution in [0.5, 0.6) is 0 Å². The van der Waals surface area contributed by atoms with Crippen LogP contribution in [0, 0.1) is 0 Å². The smallest absolute Gasteiger partial charge is 0.0541 e. The van der Waals surface area contributed by atoms with Crippen LogP contribution in [0.3, 0.4) is 0 Å². The van der Waals surface area contributed by atoms with Gasteiger partial charge in [-0.05, 0) is 59.6 Å². The summed E-state index contributed by atoms with van der Waals surface area (Å²) in [4.78, 5) is 2.32. The van der Waals surface area contributed by atoms with Gasteiger partial charge in [0.05, 0.1) is 5.69 Å². The molecule has 0 bridgehead atoms. The summed E-state index contributed by atoms with van der Waals surface area (Å²) in [6.45, 7) is 2.19. The minimum absolute atomic E-state index is 1.04. The quantitative estimate of drug-likeness (QED) is 0.905. The number of likely N-dealkylation sites (N-methyl/N-ethyl adjacent to an activating group) is 2. The Kier molecular flexibility index (Phi) is 3.32. The van der Waals surface area contributed by atoms with Crippen LogP contribution in [0.15, 0.2) is 16.6 Å². The molecule has 0 atom stereocenters. The predicted molar refractivity (Wildman–Crippen MR) is 68.7 cm³/mol. The first-order valence-corrected chi connectivity index (χ1v) is 6.18. The third-order valence-corrected chi connectivity index (χ3v) is 3.57. The van der Waals surface area contributed by atoms with Gasteiger partial charge in [-0.1, -0.05) is 6.07 Å².